The predicted octanol–water partition coefficient (Wildman–Crippen LogP) is 1.33. The van der Waals surface area contributed by atoms with E-state index in [0.29, 0.717) is 12.8 Å². The van der Waals surface area contributed by atoms with Crippen molar-refractivity contribution in [2.24, 2.45) is 0 Å². The fraction of sp³-hybridized carbons (Fsp3) is 0.300. The quantitative estimate of drug-likeness (QED) is 0.583. The first-order valence-corrected chi connectivity index (χ1v) is 4.82. The number of nitro groups is 1. The molecule has 1 aromatic rings. The number of carbonyl (C=O) groups is 1. The molecule has 6 nitrogen and oxygen atoms in total. The van der Waals surface area contributed by atoms with Crippen LogP contribution >= 0.6 is 0 Å². The van der Waals surface area contributed by atoms with Crippen molar-refractivity contribution in [2.75, 3.05) is 0 Å². The van der Waals surface area contributed by atoms with Gasteiger partial charge in [0.15, 0.2) is 0 Å². The van der Waals surface area contributed by atoms with Gasteiger partial charge in [-0.1, -0.05) is 6.07 Å². The van der Waals surface area contributed by atoms with E-state index in [1.807, 2.05) is 0 Å². The summed E-state index contributed by atoms with van der Waals surface area (Å²) in [5.74, 6) is 0. The number of nitro benzene ring substituents is 1. The summed E-state index contributed by atoms with van der Waals surface area (Å²) in [4.78, 5) is 20.6. The average Bonchev–Trinajstić information content (AvgIpc) is 2.56. The van der Waals surface area contributed by atoms with Crippen LogP contribution in [0.3, 0.4) is 0 Å². The van der Waals surface area contributed by atoms with E-state index in [4.69, 9.17) is 5.11 Å². The highest BCUT2D eigenvalue weighted by atomic mass is 16.6. The molecular formula is C10H10N2O4. The lowest BCUT2D eigenvalue weighted by molar-refractivity contribution is -0.384. The Hall–Kier alpha value is -2.11. The summed E-state index contributed by atoms with van der Waals surface area (Å²) in [6, 6.07) is 4.48. The van der Waals surface area contributed by atoms with Gasteiger partial charge in [0.1, 0.15) is 0 Å². The lowest BCUT2D eigenvalue weighted by Crippen LogP contribution is -2.33. The molecule has 1 amide bonds. The van der Waals surface area contributed by atoms with E-state index in [0.717, 1.165) is 11.1 Å². The Morgan fingerprint density at radius 3 is 2.75 bits per heavy atom. The summed E-state index contributed by atoms with van der Waals surface area (Å²) in [5, 5.41) is 21.5. The number of amides is 1. The zero-order valence-corrected chi connectivity index (χ0v) is 8.34. The summed E-state index contributed by atoms with van der Waals surface area (Å²) < 4.78 is 0. The van der Waals surface area contributed by atoms with E-state index in [1.54, 1.807) is 6.07 Å². The highest BCUT2D eigenvalue weighted by molar-refractivity contribution is 5.65. The van der Waals surface area contributed by atoms with Gasteiger partial charge in [0.25, 0.3) is 5.69 Å². The van der Waals surface area contributed by atoms with Crippen LogP contribution in [-0.2, 0) is 12.8 Å². The van der Waals surface area contributed by atoms with Crippen molar-refractivity contribution in [3.05, 3.63) is 39.4 Å². The second kappa shape index (κ2) is 3.80. The molecule has 0 fully saturated rings. The van der Waals surface area contributed by atoms with Crippen LogP contribution in [0.25, 0.3) is 0 Å². The Morgan fingerprint density at radius 1 is 1.44 bits per heavy atom. The van der Waals surface area contributed by atoms with Crippen LogP contribution < -0.4 is 5.32 Å². The molecular weight excluding hydrogens is 212 g/mol. The number of benzene rings is 1. The van der Waals surface area contributed by atoms with Crippen LogP contribution in [-0.4, -0.2) is 22.2 Å². The first kappa shape index (κ1) is 10.4. The van der Waals surface area contributed by atoms with Gasteiger partial charge in [0, 0.05) is 18.2 Å². The van der Waals surface area contributed by atoms with Crippen molar-refractivity contribution < 1.29 is 14.8 Å². The molecule has 0 saturated carbocycles. The first-order chi connectivity index (χ1) is 7.56. The molecule has 0 radical (unpaired) electrons. The van der Waals surface area contributed by atoms with Gasteiger partial charge >= 0.3 is 6.09 Å². The summed E-state index contributed by atoms with van der Waals surface area (Å²) in [7, 11) is 0. The fourth-order valence-corrected chi connectivity index (χ4v) is 1.99. The van der Waals surface area contributed by atoms with Crippen LogP contribution in [0.4, 0.5) is 10.5 Å². The third kappa shape index (κ3) is 1.95. The van der Waals surface area contributed by atoms with Crippen molar-refractivity contribution in [2.45, 2.75) is 18.9 Å². The molecule has 1 aliphatic carbocycles. The molecule has 2 N–H and O–H groups in total. The fourth-order valence-electron chi connectivity index (χ4n) is 1.99. The Morgan fingerprint density at radius 2 is 2.12 bits per heavy atom. The lowest BCUT2D eigenvalue weighted by Gasteiger charge is -2.07. The average molecular weight is 222 g/mol. The van der Waals surface area contributed by atoms with E-state index < -0.39 is 11.0 Å². The smallest absolute Gasteiger partial charge is 0.404 e. The molecule has 0 saturated heterocycles. The molecule has 1 unspecified atom stereocenters. The highest BCUT2D eigenvalue weighted by Gasteiger charge is 2.24. The number of rotatable bonds is 2. The van der Waals surface area contributed by atoms with Crippen LogP contribution in [0.15, 0.2) is 18.2 Å². The van der Waals surface area contributed by atoms with E-state index >= 15 is 0 Å². The minimum absolute atomic E-state index is 0.0507. The molecule has 1 aliphatic rings. The van der Waals surface area contributed by atoms with Gasteiger partial charge in [-0.05, 0) is 24.0 Å². The van der Waals surface area contributed by atoms with Crippen molar-refractivity contribution >= 4 is 11.8 Å². The summed E-state index contributed by atoms with van der Waals surface area (Å²) in [6.07, 6.45) is 0.0513. The molecule has 0 bridgehead atoms. The Bertz CT molecular complexity index is 458. The molecule has 16 heavy (non-hydrogen) atoms. The summed E-state index contributed by atoms with van der Waals surface area (Å²) >= 11 is 0. The van der Waals surface area contributed by atoms with Gasteiger partial charge in [0.05, 0.1) is 4.92 Å². The third-order valence-corrected chi connectivity index (χ3v) is 2.66. The molecule has 0 spiro atoms. The maximum atomic E-state index is 10.6. The molecule has 2 rings (SSSR count). The second-order valence-corrected chi connectivity index (χ2v) is 3.76. The van der Waals surface area contributed by atoms with Gasteiger partial charge in [-0.15, -0.1) is 0 Å². The van der Waals surface area contributed by atoms with Crippen LogP contribution in [0.1, 0.15) is 11.1 Å². The number of nitrogens with zero attached hydrogens (tertiary/aromatic N) is 1. The SMILES string of the molecule is O=C(O)NC1Cc2ccc([N+](=O)[O-])cc2C1. The van der Waals surface area contributed by atoms with Crippen molar-refractivity contribution in [3.8, 4) is 0 Å². The molecule has 6 heteroatoms. The number of hydrogen-bond donors (Lipinski definition) is 2. The topological polar surface area (TPSA) is 92.5 Å². The first-order valence-electron chi connectivity index (χ1n) is 4.82. The van der Waals surface area contributed by atoms with Gasteiger partial charge in [-0.25, -0.2) is 4.79 Å². The van der Waals surface area contributed by atoms with Crippen LogP contribution in [0.5, 0.6) is 0 Å². The normalized spacial score (nSPS) is 17.9. The molecule has 0 aliphatic heterocycles. The predicted molar refractivity (Wildman–Crippen MR) is 55.5 cm³/mol. The second-order valence-electron chi connectivity index (χ2n) is 3.76. The minimum atomic E-state index is -1.06. The molecule has 84 valence electrons. The van der Waals surface area contributed by atoms with Gasteiger partial charge in [-0.3, -0.25) is 10.1 Å². The molecule has 0 heterocycles. The monoisotopic (exact) mass is 222 g/mol. The van der Waals surface area contributed by atoms with Gasteiger partial charge < -0.3 is 10.4 Å². The van der Waals surface area contributed by atoms with Crippen molar-refractivity contribution in [1.82, 2.24) is 5.32 Å². The Balaban J connectivity index is 2.18. The Labute approximate surface area is 91.0 Å². The standard InChI is InChI=1S/C10H10N2O4/c13-10(14)11-8-3-6-1-2-9(12(15)16)5-7(6)4-8/h1-2,5,8,11H,3-4H2,(H,13,14). The summed E-state index contributed by atoms with van der Waals surface area (Å²) in [5.41, 5.74) is 1.88. The third-order valence-electron chi connectivity index (χ3n) is 2.66. The van der Waals surface area contributed by atoms with Crippen molar-refractivity contribution in [3.63, 3.8) is 0 Å². The number of fused-ring (bicyclic) bond motifs is 1. The highest BCUT2D eigenvalue weighted by Crippen LogP contribution is 2.26. The maximum Gasteiger partial charge on any atom is 0.404 e. The van der Waals surface area contributed by atoms with Gasteiger partial charge in [-0.2, -0.15) is 0 Å². The Kier molecular flexibility index (Phi) is 2.47. The van der Waals surface area contributed by atoms with E-state index in [9.17, 15) is 14.9 Å². The van der Waals surface area contributed by atoms with Crippen LogP contribution in [0, 0.1) is 10.1 Å². The summed E-state index contributed by atoms with van der Waals surface area (Å²) in [6.45, 7) is 0. The number of hydrogen-bond acceptors (Lipinski definition) is 3. The lowest BCUT2D eigenvalue weighted by atomic mass is 10.1. The van der Waals surface area contributed by atoms with Crippen molar-refractivity contribution in [1.29, 1.82) is 0 Å². The largest absolute Gasteiger partial charge is 0.465 e. The maximum absolute atomic E-state index is 10.6. The molecule has 0 aromatic heterocycles. The number of carboxylic acid groups (broad SMARTS) is 1. The van der Waals surface area contributed by atoms with Crippen LogP contribution in [0.2, 0.25) is 0 Å². The number of non-ortho nitro benzene ring substituents is 1. The molecule has 1 aromatic carbocycles. The van der Waals surface area contributed by atoms with E-state index in [1.165, 1.54) is 12.1 Å². The minimum Gasteiger partial charge on any atom is -0.465 e. The molecule has 1 atom stereocenters. The zero-order chi connectivity index (χ0) is 11.7. The van der Waals surface area contributed by atoms with E-state index in [-0.39, 0.29) is 11.7 Å². The zero-order valence-electron chi connectivity index (χ0n) is 8.34. The van der Waals surface area contributed by atoms with Gasteiger partial charge in [0.2, 0.25) is 0 Å². The van der Waals surface area contributed by atoms with E-state index in [2.05, 4.69) is 5.32 Å². The number of nitrogens with one attached hydrogen (secondary N) is 1.